The zero-order chi connectivity index (χ0) is 11.4. The molecule has 15 heavy (non-hydrogen) atoms. The molecule has 0 aliphatic rings. The molecule has 0 aliphatic carbocycles. The summed E-state index contributed by atoms with van der Waals surface area (Å²) in [6.07, 6.45) is 0. The van der Waals surface area contributed by atoms with E-state index in [1.165, 1.54) is 25.3 Å². The van der Waals surface area contributed by atoms with Crippen molar-refractivity contribution in [3.05, 3.63) is 28.3 Å². The van der Waals surface area contributed by atoms with Crippen LogP contribution in [0.5, 0.6) is 5.75 Å². The molecule has 80 valence electrons. The summed E-state index contributed by atoms with van der Waals surface area (Å²) in [6.45, 7) is 0. The Kier molecular flexibility index (Phi) is 3.06. The van der Waals surface area contributed by atoms with Gasteiger partial charge in [0.25, 0.3) is 5.69 Å². The summed E-state index contributed by atoms with van der Waals surface area (Å²) in [5, 5.41) is 20.0. The molecule has 1 aromatic rings. The summed E-state index contributed by atoms with van der Waals surface area (Å²) < 4.78 is 4.92. The standard InChI is InChI=1S/C8H10N4O3/c1-15-7-4-5(12(13)14)2-3-6(7)11-8(9)10/h2-4H,1H3,(H4,9,10,11). The van der Waals surface area contributed by atoms with E-state index in [-0.39, 0.29) is 17.4 Å². The van der Waals surface area contributed by atoms with Crippen LogP contribution >= 0.6 is 0 Å². The smallest absolute Gasteiger partial charge is 0.273 e. The first-order valence-corrected chi connectivity index (χ1v) is 3.98. The van der Waals surface area contributed by atoms with Gasteiger partial charge in [-0.25, -0.2) is 0 Å². The molecule has 0 heterocycles. The van der Waals surface area contributed by atoms with Crippen LogP contribution in [0.25, 0.3) is 0 Å². The molecule has 0 unspecified atom stereocenters. The Hall–Kier alpha value is -2.31. The first-order chi connectivity index (χ1) is 7.04. The first kappa shape index (κ1) is 10.8. The summed E-state index contributed by atoms with van der Waals surface area (Å²) in [6, 6.07) is 3.98. The first-order valence-electron chi connectivity index (χ1n) is 3.98. The monoisotopic (exact) mass is 210 g/mol. The van der Waals surface area contributed by atoms with Gasteiger partial charge >= 0.3 is 0 Å². The topological polar surface area (TPSA) is 114 Å². The molecule has 0 saturated carbocycles. The summed E-state index contributed by atoms with van der Waals surface area (Å²) in [7, 11) is 1.38. The molecule has 1 rings (SSSR count). The fourth-order valence-corrected chi connectivity index (χ4v) is 1.04. The van der Waals surface area contributed by atoms with Crippen LogP contribution in [0.2, 0.25) is 0 Å². The molecule has 0 atom stereocenters. The zero-order valence-electron chi connectivity index (χ0n) is 7.98. The van der Waals surface area contributed by atoms with Gasteiger partial charge in [-0.3, -0.25) is 15.5 Å². The number of hydrogen-bond acceptors (Lipinski definition) is 4. The minimum absolute atomic E-state index is 0.0825. The third-order valence-corrected chi connectivity index (χ3v) is 1.67. The lowest BCUT2D eigenvalue weighted by atomic mass is 10.2. The van der Waals surface area contributed by atoms with E-state index in [1.807, 2.05) is 0 Å². The van der Waals surface area contributed by atoms with Crippen LogP contribution in [0.3, 0.4) is 0 Å². The van der Waals surface area contributed by atoms with Crippen molar-refractivity contribution >= 4 is 17.3 Å². The maximum Gasteiger partial charge on any atom is 0.273 e. The van der Waals surface area contributed by atoms with Crippen LogP contribution in [0, 0.1) is 15.5 Å². The number of nitrogens with one attached hydrogen (secondary N) is 2. The van der Waals surface area contributed by atoms with Crippen molar-refractivity contribution in [1.29, 1.82) is 5.41 Å². The third-order valence-electron chi connectivity index (χ3n) is 1.67. The fourth-order valence-electron chi connectivity index (χ4n) is 1.04. The molecule has 0 fully saturated rings. The average molecular weight is 210 g/mol. The van der Waals surface area contributed by atoms with Gasteiger partial charge in [-0.2, -0.15) is 0 Å². The van der Waals surface area contributed by atoms with Crippen LogP contribution in [0.15, 0.2) is 18.2 Å². The van der Waals surface area contributed by atoms with Gasteiger partial charge < -0.3 is 15.8 Å². The lowest BCUT2D eigenvalue weighted by Gasteiger charge is -2.08. The van der Waals surface area contributed by atoms with Crippen molar-refractivity contribution in [3.8, 4) is 5.75 Å². The number of anilines is 1. The Morgan fingerprint density at radius 3 is 2.80 bits per heavy atom. The summed E-state index contributed by atoms with van der Waals surface area (Å²) in [5.74, 6) is 0.00144. The van der Waals surface area contributed by atoms with Gasteiger partial charge in [-0.15, -0.1) is 0 Å². The summed E-state index contributed by atoms with van der Waals surface area (Å²) in [4.78, 5) is 9.94. The number of non-ortho nitro benzene ring substituents is 1. The molecule has 0 radical (unpaired) electrons. The van der Waals surface area contributed by atoms with Crippen LogP contribution in [-0.2, 0) is 0 Å². The molecule has 0 amide bonds. The largest absolute Gasteiger partial charge is 0.494 e. The zero-order valence-corrected chi connectivity index (χ0v) is 7.98. The normalized spacial score (nSPS) is 9.40. The molecular weight excluding hydrogens is 200 g/mol. The highest BCUT2D eigenvalue weighted by molar-refractivity contribution is 5.91. The molecule has 1 aromatic carbocycles. The highest BCUT2D eigenvalue weighted by atomic mass is 16.6. The van der Waals surface area contributed by atoms with Crippen LogP contribution in [0.4, 0.5) is 11.4 Å². The van der Waals surface area contributed by atoms with E-state index in [4.69, 9.17) is 15.9 Å². The van der Waals surface area contributed by atoms with Gasteiger partial charge in [0, 0.05) is 6.07 Å². The number of guanidine groups is 1. The Labute approximate surface area is 85.5 Å². The SMILES string of the molecule is COc1cc([N+](=O)[O-])ccc1NC(=N)N. The number of nitrogens with zero attached hydrogens (tertiary/aromatic N) is 1. The summed E-state index contributed by atoms with van der Waals surface area (Å²) in [5.41, 5.74) is 5.46. The summed E-state index contributed by atoms with van der Waals surface area (Å²) >= 11 is 0. The predicted octanol–water partition coefficient (Wildman–Crippen LogP) is 0.909. The predicted molar refractivity (Wildman–Crippen MR) is 55.2 cm³/mol. The molecule has 7 heteroatoms. The second-order valence-electron chi connectivity index (χ2n) is 2.68. The molecule has 0 spiro atoms. The van der Waals surface area contributed by atoms with E-state index in [0.717, 1.165) is 0 Å². The maximum absolute atomic E-state index is 10.5. The van der Waals surface area contributed by atoms with Crippen LogP contribution in [0.1, 0.15) is 0 Å². The van der Waals surface area contributed by atoms with Crippen molar-refractivity contribution in [1.82, 2.24) is 0 Å². The van der Waals surface area contributed by atoms with E-state index >= 15 is 0 Å². The van der Waals surface area contributed by atoms with E-state index in [0.29, 0.717) is 5.69 Å². The van der Waals surface area contributed by atoms with Gasteiger partial charge in [-0.05, 0) is 6.07 Å². The Morgan fingerprint density at radius 2 is 2.33 bits per heavy atom. The van der Waals surface area contributed by atoms with Crippen molar-refractivity contribution in [2.45, 2.75) is 0 Å². The molecule has 0 saturated heterocycles. The Bertz CT molecular complexity index is 405. The highest BCUT2D eigenvalue weighted by Crippen LogP contribution is 2.28. The Morgan fingerprint density at radius 1 is 1.67 bits per heavy atom. The molecule has 0 aliphatic heterocycles. The van der Waals surface area contributed by atoms with E-state index < -0.39 is 4.92 Å². The van der Waals surface area contributed by atoms with Crippen molar-refractivity contribution in [2.75, 3.05) is 12.4 Å². The lowest BCUT2D eigenvalue weighted by Crippen LogP contribution is -2.20. The maximum atomic E-state index is 10.5. The second-order valence-corrected chi connectivity index (χ2v) is 2.68. The number of nitro groups is 1. The van der Waals surface area contributed by atoms with Gasteiger partial charge in [-0.1, -0.05) is 0 Å². The number of benzene rings is 1. The Balaban J connectivity index is 3.08. The van der Waals surface area contributed by atoms with E-state index in [1.54, 1.807) is 0 Å². The molecule has 0 bridgehead atoms. The lowest BCUT2D eigenvalue weighted by molar-refractivity contribution is -0.384. The average Bonchev–Trinajstić information content (AvgIpc) is 2.17. The number of nitro benzene ring substituents is 1. The van der Waals surface area contributed by atoms with Gasteiger partial charge in [0.15, 0.2) is 5.96 Å². The molecular formula is C8H10N4O3. The fraction of sp³-hybridized carbons (Fsp3) is 0.125. The number of methoxy groups -OCH3 is 1. The minimum Gasteiger partial charge on any atom is -0.494 e. The van der Waals surface area contributed by atoms with Gasteiger partial charge in [0.1, 0.15) is 5.75 Å². The van der Waals surface area contributed by atoms with Crippen molar-refractivity contribution in [3.63, 3.8) is 0 Å². The van der Waals surface area contributed by atoms with Crippen LogP contribution in [-0.4, -0.2) is 18.0 Å². The number of rotatable bonds is 3. The number of hydrogen-bond donors (Lipinski definition) is 3. The minimum atomic E-state index is -0.528. The van der Waals surface area contributed by atoms with Gasteiger partial charge in [0.2, 0.25) is 0 Å². The molecule has 7 nitrogen and oxygen atoms in total. The van der Waals surface area contributed by atoms with Gasteiger partial charge in [0.05, 0.1) is 23.8 Å². The van der Waals surface area contributed by atoms with Crippen molar-refractivity contribution in [2.24, 2.45) is 5.73 Å². The van der Waals surface area contributed by atoms with Crippen molar-refractivity contribution < 1.29 is 9.66 Å². The third kappa shape index (κ3) is 2.56. The van der Waals surface area contributed by atoms with Crippen LogP contribution < -0.4 is 15.8 Å². The highest BCUT2D eigenvalue weighted by Gasteiger charge is 2.11. The van der Waals surface area contributed by atoms with E-state index in [2.05, 4.69) is 5.32 Å². The molecule has 0 aromatic heterocycles. The number of nitrogens with two attached hydrogens (primary N) is 1. The second kappa shape index (κ2) is 4.27. The van der Waals surface area contributed by atoms with E-state index in [9.17, 15) is 10.1 Å². The molecule has 4 N–H and O–H groups in total. The quantitative estimate of drug-likeness (QED) is 0.297. The number of ether oxygens (including phenoxy) is 1.